The molecular formula is C18H14F2N4O4. The van der Waals surface area contributed by atoms with E-state index in [1.807, 2.05) is 0 Å². The number of halogens is 2. The second-order valence-corrected chi connectivity index (χ2v) is 6.48. The number of hydrogen-bond acceptors (Lipinski definition) is 5. The van der Waals surface area contributed by atoms with Crippen LogP contribution in [0.4, 0.5) is 8.78 Å². The van der Waals surface area contributed by atoms with E-state index in [-0.39, 0.29) is 23.6 Å². The molecule has 0 saturated carbocycles. The van der Waals surface area contributed by atoms with Gasteiger partial charge in [-0.15, -0.1) is 0 Å². The summed E-state index contributed by atoms with van der Waals surface area (Å²) in [7, 11) is 0. The molecule has 0 spiro atoms. The number of rotatable bonds is 1. The molecule has 1 saturated heterocycles. The van der Waals surface area contributed by atoms with E-state index >= 15 is 0 Å². The Bertz CT molecular complexity index is 1070. The monoisotopic (exact) mass is 388 g/mol. The van der Waals surface area contributed by atoms with Crippen LogP contribution in [0.2, 0.25) is 0 Å². The Morgan fingerprint density at radius 3 is 2.86 bits per heavy atom. The fourth-order valence-electron chi connectivity index (χ4n) is 2.98. The summed E-state index contributed by atoms with van der Waals surface area (Å²) in [5.74, 6) is 0.369. The predicted octanol–water partition coefficient (Wildman–Crippen LogP) is 0.0579. The number of fused-ring (bicyclic) bond motifs is 3. The summed E-state index contributed by atoms with van der Waals surface area (Å²) in [4.78, 5) is 23.1. The van der Waals surface area contributed by atoms with Gasteiger partial charge in [-0.05, 0) is 24.3 Å². The molecule has 1 aromatic heterocycles. The molecule has 1 unspecified atom stereocenters. The molecule has 28 heavy (non-hydrogen) atoms. The van der Waals surface area contributed by atoms with Crippen molar-refractivity contribution in [3.8, 4) is 23.3 Å². The van der Waals surface area contributed by atoms with Crippen molar-refractivity contribution < 1.29 is 28.2 Å². The fraction of sp³-hybridized carbons (Fsp3) is 0.278. The number of amides is 2. The van der Waals surface area contributed by atoms with Crippen LogP contribution < -0.4 is 15.8 Å². The molecule has 2 aliphatic rings. The number of benzene rings is 1. The quantitative estimate of drug-likeness (QED) is 0.597. The van der Waals surface area contributed by atoms with Crippen LogP contribution in [-0.4, -0.2) is 45.5 Å². The summed E-state index contributed by atoms with van der Waals surface area (Å²) in [6.07, 6.45) is 0.143. The SMILES string of the molecule is NC(=O)c1cc2n(n1)-c1cc(C#CC3(O)CCNC3=O)ccc1OCC2(F)F. The zero-order valence-corrected chi connectivity index (χ0v) is 14.3. The van der Waals surface area contributed by atoms with E-state index in [1.165, 1.54) is 18.2 Å². The zero-order chi connectivity index (χ0) is 20.1. The molecule has 1 fully saturated rings. The zero-order valence-electron chi connectivity index (χ0n) is 14.3. The molecular weight excluding hydrogens is 374 g/mol. The van der Waals surface area contributed by atoms with Crippen molar-refractivity contribution in [2.75, 3.05) is 13.2 Å². The van der Waals surface area contributed by atoms with Gasteiger partial charge in [0.25, 0.3) is 11.8 Å². The molecule has 2 aliphatic heterocycles. The van der Waals surface area contributed by atoms with Gasteiger partial charge in [-0.2, -0.15) is 13.9 Å². The number of aromatic nitrogens is 2. The molecule has 2 aromatic rings. The third-order valence-electron chi connectivity index (χ3n) is 4.49. The highest BCUT2D eigenvalue weighted by atomic mass is 19.3. The Morgan fingerprint density at radius 2 is 2.18 bits per heavy atom. The van der Waals surface area contributed by atoms with Crippen molar-refractivity contribution >= 4 is 11.8 Å². The van der Waals surface area contributed by atoms with Gasteiger partial charge in [-0.25, -0.2) is 4.68 Å². The molecule has 0 radical (unpaired) electrons. The van der Waals surface area contributed by atoms with E-state index in [0.717, 1.165) is 10.7 Å². The highest BCUT2D eigenvalue weighted by Crippen LogP contribution is 2.37. The molecule has 144 valence electrons. The van der Waals surface area contributed by atoms with Crippen LogP contribution in [0.3, 0.4) is 0 Å². The summed E-state index contributed by atoms with van der Waals surface area (Å²) in [6.45, 7) is -0.626. The summed E-state index contributed by atoms with van der Waals surface area (Å²) in [5.41, 5.74) is 2.99. The first-order valence-corrected chi connectivity index (χ1v) is 8.29. The topological polar surface area (TPSA) is 119 Å². The number of nitrogens with zero attached hydrogens (tertiary/aromatic N) is 2. The van der Waals surface area contributed by atoms with Crippen molar-refractivity contribution in [1.82, 2.24) is 15.1 Å². The fourth-order valence-corrected chi connectivity index (χ4v) is 2.98. The van der Waals surface area contributed by atoms with Gasteiger partial charge < -0.3 is 20.9 Å². The van der Waals surface area contributed by atoms with Gasteiger partial charge in [0.1, 0.15) is 17.1 Å². The van der Waals surface area contributed by atoms with E-state index < -0.39 is 35.6 Å². The third kappa shape index (κ3) is 2.86. The lowest BCUT2D eigenvalue weighted by Crippen LogP contribution is -2.36. The first-order valence-electron chi connectivity index (χ1n) is 8.29. The molecule has 10 heteroatoms. The van der Waals surface area contributed by atoms with E-state index in [9.17, 15) is 23.5 Å². The van der Waals surface area contributed by atoms with Gasteiger partial charge in [-0.1, -0.05) is 11.8 Å². The van der Waals surface area contributed by atoms with Gasteiger partial charge >= 0.3 is 5.92 Å². The highest BCUT2D eigenvalue weighted by molar-refractivity contribution is 5.91. The molecule has 0 aliphatic carbocycles. The van der Waals surface area contributed by atoms with E-state index in [1.54, 1.807) is 0 Å². The number of primary amides is 1. The van der Waals surface area contributed by atoms with Crippen molar-refractivity contribution in [3.63, 3.8) is 0 Å². The Kier molecular flexibility index (Phi) is 3.87. The molecule has 3 heterocycles. The number of hydrogen-bond donors (Lipinski definition) is 3. The van der Waals surface area contributed by atoms with Crippen molar-refractivity contribution in [1.29, 1.82) is 0 Å². The number of aliphatic hydroxyl groups is 1. The molecule has 1 aromatic carbocycles. The number of nitrogens with one attached hydrogen (secondary N) is 1. The lowest BCUT2D eigenvalue weighted by atomic mass is 10.0. The minimum atomic E-state index is -3.40. The lowest BCUT2D eigenvalue weighted by molar-refractivity contribution is -0.130. The van der Waals surface area contributed by atoms with Crippen molar-refractivity contribution in [3.05, 3.63) is 41.2 Å². The maximum Gasteiger partial charge on any atom is 0.323 e. The minimum Gasteiger partial charge on any atom is -0.485 e. The van der Waals surface area contributed by atoms with E-state index in [2.05, 4.69) is 22.3 Å². The number of carbonyl (C=O) groups is 2. The largest absolute Gasteiger partial charge is 0.485 e. The minimum absolute atomic E-state index is 0.111. The van der Waals surface area contributed by atoms with Crippen molar-refractivity contribution in [2.24, 2.45) is 5.73 Å². The maximum absolute atomic E-state index is 14.4. The van der Waals surface area contributed by atoms with E-state index in [0.29, 0.717) is 12.1 Å². The Balaban J connectivity index is 1.81. The summed E-state index contributed by atoms with van der Waals surface area (Å²) >= 11 is 0. The van der Waals surface area contributed by atoms with Crippen LogP contribution in [0.1, 0.15) is 28.2 Å². The van der Waals surface area contributed by atoms with Gasteiger partial charge in [-0.3, -0.25) is 9.59 Å². The molecule has 0 bridgehead atoms. The van der Waals surface area contributed by atoms with Crippen LogP contribution in [0.25, 0.3) is 5.69 Å². The number of nitrogens with two attached hydrogens (primary N) is 1. The Morgan fingerprint density at radius 1 is 1.39 bits per heavy atom. The molecule has 4 N–H and O–H groups in total. The van der Waals surface area contributed by atoms with Crippen LogP contribution in [0.5, 0.6) is 5.75 Å². The maximum atomic E-state index is 14.4. The lowest BCUT2D eigenvalue weighted by Gasteiger charge is -2.12. The predicted molar refractivity (Wildman–Crippen MR) is 90.9 cm³/mol. The molecule has 2 amide bonds. The van der Waals surface area contributed by atoms with Crippen LogP contribution >= 0.6 is 0 Å². The van der Waals surface area contributed by atoms with Gasteiger partial charge in [0.2, 0.25) is 5.60 Å². The summed E-state index contributed by atoms with van der Waals surface area (Å²) in [6, 6.07) is 5.27. The average Bonchev–Trinajstić information content (AvgIpc) is 3.21. The first-order chi connectivity index (χ1) is 13.2. The van der Waals surface area contributed by atoms with Gasteiger partial charge in [0.05, 0.1) is 0 Å². The first kappa shape index (κ1) is 17.9. The molecule has 4 rings (SSSR count). The van der Waals surface area contributed by atoms with Crippen LogP contribution in [-0.2, 0) is 10.7 Å². The number of ether oxygens (including phenoxy) is 1. The molecule has 8 nitrogen and oxygen atoms in total. The smallest absolute Gasteiger partial charge is 0.323 e. The van der Waals surface area contributed by atoms with Crippen molar-refractivity contribution in [2.45, 2.75) is 17.9 Å². The van der Waals surface area contributed by atoms with Crippen LogP contribution in [0.15, 0.2) is 24.3 Å². The Labute approximate surface area is 157 Å². The van der Waals surface area contributed by atoms with Gasteiger partial charge in [0.15, 0.2) is 12.3 Å². The number of alkyl halides is 2. The highest BCUT2D eigenvalue weighted by Gasteiger charge is 2.41. The standard InChI is InChI=1S/C18H14F2N4O4/c19-18(20)9-28-13-2-1-10(3-4-17(27)5-6-22-16(17)26)7-12(13)24-14(18)8-11(23-24)15(21)25/h1-2,7-8,27H,5-6,9H2,(H2,21,25)(H,22,26). The van der Waals surface area contributed by atoms with Gasteiger partial charge in [0, 0.05) is 18.5 Å². The number of carbonyl (C=O) groups excluding carboxylic acids is 2. The second kappa shape index (κ2) is 6.03. The second-order valence-electron chi connectivity index (χ2n) is 6.48. The molecule has 1 atom stereocenters. The average molecular weight is 388 g/mol. The summed E-state index contributed by atoms with van der Waals surface area (Å²) in [5, 5.41) is 16.6. The normalized spacial score (nSPS) is 22.0. The summed E-state index contributed by atoms with van der Waals surface area (Å²) < 4.78 is 34.9. The third-order valence-corrected chi connectivity index (χ3v) is 4.49. The Hall–Kier alpha value is -3.45. The van der Waals surface area contributed by atoms with E-state index in [4.69, 9.17) is 10.5 Å². The van der Waals surface area contributed by atoms with Crippen LogP contribution in [0, 0.1) is 11.8 Å².